The number of nitrogens with zero attached hydrogens (tertiary/aromatic N) is 4. The predicted molar refractivity (Wildman–Crippen MR) is 202 cm³/mol. The largest absolute Gasteiger partial charge is 0.488 e. The fourth-order valence-corrected chi connectivity index (χ4v) is 7.25. The average Bonchev–Trinajstić information content (AvgIpc) is 3.59. The van der Waals surface area contributed by atoms with E-state index in [4.69, 9.17) is 18.9 Å². The second-order valence-corrected chi connectivity index (χ2v) is 14.8. The molecule has 2 aromatic heterocycles. The highest BCUT2D eigenvalue weighted by atomic mass is 19.1. The van der Waals surface area contributed by atoms with E-state index in [0.717, 1.165) is 48.9 Å². The molecule has 20 heteroatoms. The van der Waals surface area contributed by atoms with E-state index in [-0.39, 0.29) is 47.7 Å². The fraction of sp³-hybridized carbons (Fsp3) is 0.400. The van der Waals surface area contributed by atoms with Crippen molar-refractivity contribution >= 4 is 35.0 Å². The molecule has 4 aromatic rings. The van der Waals surface area contributed by atoms with Crippen molar-refractivity contribution in [3.63, 3.8) is 0 Å². The number of anilines is 2. The van der Waals surface area contributed by atoms with Crippen LogP contribution in [0.3, 0.4) is 0 Å². The summed E-state index contributed by atoms with van der Waals surface area (Å²) in [5, 5.41) is 9.60. The number of carbonyl (C=O) groups is 4. The zero-order valence-corrected chi connectivity index (χ0v) is 32.8. The number of fused-ring (bicyclic) bond motifs is 4. The van der Waals surface area contributed by atoms with Gasteiger partial charge in [-0.25, -0.2) is 37.5 Å². The number of aromatic nitrogens is 4. The van der Waals surface area contributed by atoms with Gasteiger partial charge in [0, 0.05) is 47.8 Å². The van der Waals surface area contributed by atoms with Crippen LogP contribution in [0.1, 0.15) is 97.1 Å². The normalized spacial score (nSPS) is 22.4. The van der Waals surface area contributed by atoms with E-state index >= 15 is 0 Å². The Bertz CT molecular complexity index is 2220. The van der Waals surface area contributed by atoms with Gasteiger partial charge in [0.05, 0.1) is 24.6 Å². The molecule has 4 aliphatic heterocycles. The van der Waals surface area contributed by atoms with Crippen LogP contribution in [0.15, 0.2) is 36.7 Å². The Balaban J connectivity index is 0.000000181. The van der Waals surface area contributed by atoms with Gasteiger partial charge in [0.1, 0.15) is 71.0 Å². The summed E-state index contributed by atoms with van der Waals surface area (Å²) < 4.78 is 77.1. The van der Waals surface area contributed by atoms with Gasteiger partial charge in [0.25, 0.3) is 23.6 Å². The average molecular weight is 837 g/mol. The second-order valence-electron chi connectivity index (χ2n) is 14.8. The molecule has 6 heterocycles. The van der Waals surface area contributed by atoms with Crippen molar-refractivity contribution in [1.82, 2.24) is 30.6 Å². The molecule has 0 unspecified atom stereocenters. The minimum Gasteiger partial charge on any atom is -0.488 e. The number of rotatable bonds is 8. The van der Waals surface area contributed by atoms with Gasteiger partial charge in [-0.1, -0.05) is 26.7 Å². The molecule has 2 aromatic carbocycles. The number of benzene rings is 2. The van der Waals surface area contributed by atoms with Crippen molar-refractivity contribution in [1.29, 1.82) is 0 Å². The molecule has 60 heavy (non-hydrogen) atoms. The van der Waals surface area contributed by atoms with Gasteiger partial charge in [-0.15, -0.1) is 0 Å². The molecule has 0 bridgehead atoms. The molecule has 8 rings (SSSR count). The molecule has 0 radical (unpaired) electrons. The Hall–Kier alpha value is -6.28. The lowest BCUT2D eigenvalue weighted by Crippen LogP contribution is -2.47. The Morgan fingerprint density at radius 1 is 0.700 bits per heavy atom. The quantitative estimate of drug-likeness (QED) is 0.176. The lowest BCUT2D eigenvalue weighted by atomic mass is 9.95. The summed E-state index contributed by atoms with van der Waals surface area (Å²) >= 11 is 0. The van der Waals surface area contributed by atoms with Crippen molar-refractivity contribution in [2.24, 2.45) is 0 Å². The van der Waals surface area contributed by atoms with Gasteiger partial charge >= 0.3 is 0 Å². The first-order valence-corrected chi connectivity index (χ1v) is 19.1. The molecule has 4 amide bonds. The first kappa shape index (κ1) is 41.9. The van der Waals surface area contributed by atoms with E-state index in [0.29, 0.717) is 36.7 Å². The molecular formula is C40H40F4N8O8. The van der Waals surface area contributed by atoms with Crippen LogP contribution in [0.2, 0.25) is 0 Å². The molecule has 316 valence electrons. The molecule has 0 fully saturated rings. The first-order valence-electron chi connectivity index (χ1n) is 19.1. The maximum absolute atomic E-state index is 13.9. The number of hydrogen-bond donors (Lipinski definition) is 4. The van der Waals surface area contributed by atoms with Gasteiger partial charge in [-0.3, -0.25) is 19.2 Å². The van der Waals surface area contributed by atoms with Crippen LogP contribution >= 0.6 is 0 Å². The topological polar surface area (TPSA) is 205 Å². The second kappa shape index (κ2) is 16.8. The summed E-state index contributed by atoms with van der Waals surface area (Å²) in [7, 11) is 0. The molecule has 0 saturated heterocycles. The number of nitrogens with one attached hydrogen (secondary N) is 4. The summed E-state index contributed by atoms with van der Waals surface area (Å²) in [4.78, 5) is 67.1. The Morgan fingerprint density at radius 2 is 1.10 bits per heavy atom. The van der Waals surface area contributed by atoms with E-state index < -0.39 is 70.2 Å². The molecule has 0 aliphatic carbocycles. The third-order valence-electron chi connectivity index (χ3n) is 10.3. The Kier molecular flexibility index (Phi) is 11.7. The van der Waals surface area contributed by atoms with Gasteiger partial charge in [-0.2, -0.15) is 0 Å². The highest BCUT2D eigenvalue weighted by molar-refractivity contribution is 6.02. The summed E-state index contributed by atoms with van der Waals surface area (Å²) in [6.07, 6.45) is 6.29. The van der Waals surface area contributed by atoms with E-state index in [2.05, 4.69) is 41.2 Å². The summed E-state index contributed by atoms with van der Waals surface area (Å²) in [5.74, 6) is -6.95. The van der Waals surface area contributed by atoms with Crippen molar-refractivity contribution in [2.45, 2.75) is 89.9 Å². The number of hydrogen-bond acceptors (Lipinski definition) is 12. The van der Waals surface area contributed by atoms with E-state index in [1.807, 2.05) is 27.7 Å². The minimum absolute atomic E-state index is 0.117. The van der Waals surface area contributed by atoms with Crippen LogP contribution in [0, 0.1) is 23.3 Å². The molecule has 4 atom stereocenters. The van der Waals surface area contributed by atoms with Gasteiger partial charge in [0.15, 0.2) is 11.6 Å². The van der Waals surface area contributed by atoms with Crippen molar-refractivity contribution in [3.8, 4) is 11.5 Å². The van der Waals surface area contributed by atoms with Crippen molar-refractivity contribution < 1.29 is 55.7 Å². The van der Waals surface area contributed by atoms with Crippen molar-refractivity contribution in [2.75, 3.05) is 23.8 Å². The minimum atomic E-state index is -1.15. The lowest BCUT2D eigenvalue weighted by molar-refractivity contribution is -0.119. The third-order valence-corrected chi connectivity index (χ3v) is 10.3. The molecule has 16 nitrogen and oxygen atoms in total. The predicted octanol–water partition coefficient (Wildman–Crippen LogP) is 4.86. The SMILES string of the molecule is CCC[C@@]1(C)OCc2cnc(C(=O)N[C@H]3COc4cc(F)cc(F)c4NC3=O)nc21.CCC[C@]1(C)OCc2cnc(C(=O)N[C@H]3COc4cc(F)cc(F)c4NC3=O)nc21. The van der Waals surface area contributed by atoms with Crippen LogP contribution in [-0.2, 0) is 43.5 Å². The van der Waals surface area contributed by atoms with E-state index in [1.165, 1.54) is 12.4 Å². The zero-order valence-electron chi connectivity index (χ0n) is 32.8. The number of amides is 4. The first-order chi connectivity index (χ1) is 28.6. The summed E-state index contributed by atoms with van der Waals surface area (Å²) in [6.45, 7) is 7.99. The standard InChI is InChI=1S/2C20H20F2N4O4/c2*1-3-4-20(2)16-10(8-30-20)7-23-17(26-16)19(28)24-13-9-29-14-6-11(21)5-12(22)15(14)25-18(13)27/h2*5-7,13H,3-4,8-9H2,1-2H3,(H,24,28)(H,25,27)/t13-,20+;13-,20-/m00/s1. The van der Waals surface area contributed by atoms with Gasteiger partial charge in [0.2, 0.25) is 11.6 Å². The highest BCUT2D eigenvalue weighted by Gasteiger charge is 2.39. The van der Waals surface area contributed by atoms with Crippen molar-refractivity contribution in [3.05, 3.63) is 94.1 Å². The Morgan fingerprint density at radius 3 is 1.48 bits per heavy atom. The zero-order chi connectivity index (χ0) is 42.9. The smallest absolute Gasteiger partial charge is 0.289 e. The number of carbonyl (C=O) groups excluding carboxylic acids is 4. The maximum Gasteiger partial charge on any atom is 0.289 e. The molecular weight excluding hydrogens is 796 g/mol. The van der Waals surface area contributed by atoms with Crippen LogP contribution in [0.5, 0.6) is 11.5 Å². The lowest BCUT2D eigenvalue weighted by Gasteiger charge is -2.23. The Labute approximate surface area is 340 Å². The van der Waals surface area contributed by atoms with Crippen LogP contribution in [0.25, 0.3) is 0 Å². The van der Waals surface area contributed by atoms with Gasteiger partial charge < -0.3 is 40.2 Å². The molecule has 0 spiro atoms. The van der Waals surface area contributed by atoms with Gasteiger partial charge in [-0.05, 0) is 26.7 Å². The molecule has 4 N–H and O–H groups in total. The van der Waals surface area contributed by atoms with Crippen LogP contribution in [0.4, 0.5) is 28.9 Å². The fourth-order valence-electron chi connectivity index (χ4n) is 7.25. The summed E-state index contributed by atoms with van der Waals surface area (Å²) in [5.41, 5.74) is 1.16. The van der Waals surface area contributed by atoms with E-state index in [9.17, 15) is 36.7 Å². The van der Waals surface area contributed by atoms with Crippen LogP contribution < -0.4 is 30.7 Å². The highest BCUT2D eigenvalue weighted by Crippen LogP contribution is 2.39. The van der Waals surface area contributed by atoms with E-state index in [1.54, 1.807) is 0 Å². The summed E-state index contributed by atoms with van der Waals surface area (Å²) in [6, 6.07) is 0.886. The van der Waals surface area contributed by atoms with Crippen LogP contribution in [-0.4, -0.2) is 68.9 Å². The number of ether oxygens (including phenoxy) is 4. The molecule has 0 saturated carbocycles. The maximum atomic E-state index is 13.9. The monoisotopic (exact) mass is 836 g/mol. The third kappa shape index (κ3) is 8.42. The molecule has 4 aliphatic rings. The number of halogens is 4.